The second-order valence-electron chi connectivity index (χ2n) is 32.2. The zero-order valence-electron chi connectivity index (χ0n) is 65.4. The zero-order valence-corrected chi connectivity index (χ0v) is 65.4. The van der Waals surface area contributed by atoms with Gasteiger partial charge in [-0.2, -0.15) is 0 Å². The van der Waals surface area contributed by atoms with Gasteiger partial charge in [0.2, 0.25) is 0 Å². The molecule has 0 spiro atoms. The van der Waals surface area contributed by atoms with E-state index in [4.69, 9.17) is 0 Å². The molecule has 556 valence electrons. The predicted octanol–water partition coefficient (Wildman–Crippen LogP) is 31.7. The summed E-state index contributed by atoms with van der Waals surface area (Å²) in [6.07, 6.45) is 0. The number of hydrogen-bond acceptors (Lipinski definition) is 0. The van der Waals surface area contributed by atoms with Crippen molar-refractivity contribution in [2.45, 2.75) is 0 Å². The second-order valence-corrected chi connectivity index (χ2v) is 32.2. The van der Waals surface area contributed by atoms with E-state index >= 15 is 0 Å². The lowest BCUT2D eigenvalue weighted by Gasteiger charge is -2.13. The van der Waals surface area contributed by atoms with Gasteiger partial charge >= 0.3 is 0 Å². The van der Waals surface area contributed by atoms with Crippen LogP contribution in [0.1, 0.15) is 0 Å². The number of hydrogen-bond donors (Lipinski definition) is 0. The molecule has 4 aromatic heterocycles. The highest BCUT2D eigenvalue weighted by atomic mass is 15.0. The monoisotopic (exact) mass is 1520 g/mol. The smallest absolute Gasteiger partial charge is 0.0541 e. The van der Waals surface area contributed by atoms with Crippen molar-refractivity contribution >= 4 is 173 Å². The molecule has 4 nitrogen and oxygen atoms in total. The number of rotatable bonds is 8. The molecule has 0 bridgehead atoms. The summed E-state index contributed by atoms with van der Waals surface area (Å²) < 4.78 is 9.62. The lowest BCUT2D eigenvalue weighted by Crippen LogP contribution is -1.94. The van der Waals surface area contributed by atoms with Gasteiger partial charge in [0.15, 0.2) is 0 Å². The van der Waals surface area contributed by atoms with Gasteiger partial charge in [-0.05, 0) is 276 Å². The maximum Gasteiger partial charge on any atom is 0.0541 e. The average Bonchev–Trinajstić information content (AvgIpc) is 1.66. The fourth-order valence-electron chi connectivity index (χ4n) is 20.2. The Bertz CT molecular complexity index is 8720. The average molecular weight is 1520 g/mol. The van der Waals surface area contributed by atoms with E-state index in [0.717, 1.165) is 11.4 Å². The Kier molecular flexibility index (Phi) is 15.1. The number of benzene rings is 22. The van der Waals surface area contributed by atoms with Crippen LogP contribution in [0.3, 0.4) is 0 Å². The van der Waals surface area contributed by atoms with Gasteiger partial charge in [-0.3, -0.25) is 0 Å². The summed E-state index contributed by atoms with van der Waals surface area (Å²) in [6, 6.07) is 161. The largest absolute Gasteiger partial charge is 0.309 e. The SMILES string of the molecule is c1ccc(-n2c3ccccc3c3cc(-c4ccc5c(c4)c4ccccc4n5-c4ccc5cc(-c6ccc7c8ccccc8c8ccccc8c7c6)ccc5c4)ccc32)cc1.c1ccc(-n2c3ccccc3c3cc(-c4ccc5c(c4)c4ccccc4n5-c4ccc5ccc(-c6ccc7c8ccccc8c8ccccc8c7c6)cc5c4)ccc32)cc1. The van der Waals surface area contributed by atoms with Crippen LogP contribution in [0.2, 0.25) is 0 Å². The Morgan fingerprint density at radius 1 is 0.100 bits per heavy atom. The van der Waals surface area contributed by atoms with Crippen LogP contribution >= 0.6 is 0 Å². The van der Waals surface area contributed by atoms with Crippen molar-refractivity contribution in [3.63, 3.8) is 0 Å². The van der Waals surface area contributed by atoms with E-state index in [0.29, 0.717) is 0 Å². The van der Waals surface area contributed by atoms with E-state index in [1.807, 2.05) is 0 Å². The van der Waals surface area contributed by atoms with Gasteiger partial charge < -0.3 is 18.3 Å². The molecule has 0 aliphatic carbocycles. The predicted molar refractivity (Wildman–Crippen MR) is 512 cm³/mol. The molecule has 0 saturated carbocycles. The Morgan fingerprint density at radius 3 is 0.658 bits per heavy atom. The van der Waals surface area contributed by atoms with Crippen molar-refractivity contribution in [2.75, 3.05) is 0 Å². The number of aromatic nitrogens is 4. The number of fused-ring (bicyclic) bond motifs is 26. The highest BCUT2D eigenvalue weighted by Crippen LogP contribution is 2.45. The molecular formula is C116H72N4. The third kappa shape index (κ3) is 10.6. The summed E-state index contributed by atoms with van der Waals surface area (Å²) in [5.74, 6) is 0. The molecule has 0 N–H and O–H groups in total. The summed E-state index contributed by atoms with van der Waals surface area (Å²) in [6.45, 7) is 0. The minimum atomic E-state index is 1.16. The van der Waals surface area contributed by atoms with E-state index in [9.17, 15) is 0 Å². The minimum absolute atomic E-state index is 1.16. The van der Waals surface area contributed by atoms with Gasteiger partial charge in [0.1, 0.15) is 0 Å². The molecule has 4 heterocycles. The first kappa shape index (κ1) is 67.5. The van der Waals surface area contributed by atoms with E-state index in [-0.39, 0.29) is 0 Å². The van der Waals surface area contributed by atoms with E-state index in [2.05, 4.69) is 455 Å². The standard InChI is InChI=1S/2C58H36N2/c1-2-12-43(13-3-1)59-55-20-10-8-18-50(55)53-35-41(26-30-57(53)59)42-27-31-58-54(36-42)51-19-9-11-21-56(51)60(58)44-28-24-38-32-37(22-23-39(38)33-44)40-25-29-49-47-16-5-4-14-45(47)46-15-6-7-17-48(46)52(49)34-40;1-2-12-43(13-3-1)59-55-20-10-8-18-50(55)53-35-40(26-30-57(53)59)41-27-31-58-54(36-41)51-19-9-11-21-56(51)60(58)44-28-24-37-22-23-38(32-42(37)33-44)39-25-29-49-47-16-5-4-14-45(47)46-15-6-7-17-48(46)52(49)34-39/h2*1-36H. The Balaban J connectivity index is 0.000000133. The summed E-state index contributed by atoms with van der Waals surface area (Å²) >= 11 is 0. The van der Waals surface area contributed by atoms with Gasteiger partial charge in [0, 0.05) is 65.8 Å². The summed E-state index contributed by atoms with van der Waals surface area (Å²) in [5, 5.41) is 30.5. The van der Waals surface area contributed by atoms with Crippen LogP contribution in [0.5, 0.6) is 0 Å². The van der Waals surface area contributed by atoms with E-state index in [1.54, 1.807) is 0 Å². The van der Waals surface area contributed by atoms with Crippen molar-refractivity contribution in [1.29, 1.82) is 0 Å². The summed E-state index contributed by atoms with van der Waals surface area (Å²) in [7, 11) is 0. The van der Waals surface area contributed by atoms with Gasteiger partial charge in [0.05, 0.1) is 44.1 Å². The molecule has 0 radical (unpaired) electrons. The molecule has 0 saturated heterocycles. The molecule has 26 aromatic rings. The minimum Gasteiger partial charge on any atom is -0.309 e. The van der Waals surface area contributed by atoms with Crippen LogP contribution in [0, 0.1) is 0 Å². The van der Waals surface area contributed by atoms with Crippen LogP contribution in [0.25, 0.3) is 241 Å². The first-order chi connectivity index (χ1) is 59.5. The van der Waals surface area contributed by atoms with Crippen molar-refractivity contribution in [3.8, 4) is 67.3 Å². The Morgan fingerprint density at radius 2 is 0.308 bits per heavy atom. The van der Waals surface area contributed by atoms with E-state index in [1.165, 1.54) is 229 Å². The van der Waals surface area contributed by atoms with Gasteiger partial charge in [0.25, 0.3) is 0 Å². The lowest BCUT2D eigenvalue weighted by molar-refractivity contribution is 1.18. The van der Waals surface area contributed by atoms with Gasteiger partial charge in [-0.15, -0.1) is 0 Å². The molecule has 0 atom stereocenters. The maximum absolute atomic E-state index is 2.44. The lowest BCUT2D eigenvalue weighted by atomic mass is 9.91. The first-order valence-electron chi connectivity index (χ1n) is 41.5. The van der Waals surface area contributed by atoms with E-state index < -0.39 is 0 Å². The molecule has 0 amide bonds. The zero-order chi connectivity index (χ0) is 78.6. The Labute approximate surface area is 691 Å². The van der Waals surface area contributed by atoms with Crippen LogP contribution in [-0.4, -0.2) is 18.3 Å². The fourth-order valence-corrected chi connectivity index (χ4v) is 20.2. The molecule has 26 rings (SSSR count). The van der Waals surface area contributed by atoms with Crippen molar-refractivity contribution < 1.29 is 0 Å². The van der Waals surface area contributed by atoms with Crippen molar-refractivity contribution in [2.24, 2.45) is 0 Å². The molecule has 0 aliphatic heterocycles. The van der Waals surface area contributed by atoms with Crippen LogP contribution < -0.4 is 0 Å². The van der Waals surface area contributed by atoms with Crippen molar-refractivity contribution in [3.05, 3.63) is 437 Å². The molecule has 4 heteroatoms. The van der Waals surface area contributed by atoms with Gasteiger partial charge in [-0.1, -0.05) is 291 Å². The van der Waals surface area contributed by atoms with Crippen LogP contribution in [0.15, 0.2) is 437 Å². The topological polar surface area (TPSA) is 19.7 Å². The molecule has 120 heavy (non-hydrogen) atoms. The molecule has 22 aromatic carbocycles. The Hall–Kier alpha value is -15.9. The van der Waals surface area contributed by atoms with Crippen molar-refractivity contribution in [1.82, 2.24) is 18.3 Å². The number of nitrogens with zero attached hydrogens (tertiary/aromatic N) is 4. The number of para-hydroxylation sites is 6. The molecular weight excluding hydrogens is 1450 g/mol. The maximum atomic E-state index is 2.44. The van der Waals surface area contributed by atoms with Gasteiger partial charge in [-0.25, -0.2) is 0 Å². The third-order valence-corrected chi connectivity index (χ3v) is 25.7. The first-order valence-corrected chi connectivity index (χ1v) is 41.5. The normalized spacial score (nSPS) is 12.0. The second kappa shape index (κ2) is 26.9. The quantitative estimate of drug-likeness (QED) is 0.135. The fraction of sp³-hybridized carbons (Fsp3) is 0. The molecule has 0 unspecified atom stereocenters. The summed E-state index contributed by atoms with van der Waals surface area (Å²) in [5.41, 5.74) is 24.1. The van der Waals surface area contributed by atoms with Crippen LogP contribution in [0.4, 0.5) is 0 Å². The summed E-state index contributed by atoms with van der Waals surface area (Å²) in [4.78, 5) is 0. The molecule has 0 fully saturated rings. The third-order valence-electron chi connectivity index (χ3n) is 25.7. The highest BCUT2D eigenvalue weighted by Gasteiger charge is 2.22. The van der Waals surface area contributed by atoms with Crippen LogP contribution in [-0.2, 0) is 0 Å². The molecule has 0 aliphatic rings. The highest BCUT2D eigenvalue weighted by molar-refractivity contribution is 6.28.